The molecule has 0 bridgehead atoms. The molecule has 1 N–H and O–H groups in total. The first kappa shape index (κ1) is 15.2. The van der Waals surface area contributed by atoms with Gasteiger partial charge < -0.3 is 5.32 Å². The van der Waals surface area contributed by atoms with Gasteiger partial charge >= 0.3 is 0 Å². The Hall–Kier alpha value is -1.16. The van der Waals surface area contributed by atoms with E-state index in [9.17, 15) is 8.78 Å². The van der Waals surface area contributed by atoms with E-state index in [4.69, 9.17) is 23.2 Å². The first-order chi connectivity index (χ1) is 9.51. The molecule has 0 fully saturated rings. The van der Waals surface area contributed by atoms with E-state index < -0.39 is 11.6 Å². The average molecular weight is 316 g/mol. The van der Waals surface area contributed by atoms with Gasteiger partial charge in [0.1, 0.15) is 0 Å². The van der Waals surface area contributed by atoms with Crippen LogP contribution >= 0.6 is 23.2 Å². The lowest BCUT2D eigenvalue weighted by atomic mass is 9.98. The number of nitrogens with one attached hydrogen (secondary N) is 1. The van der Waals surface area contributed by atoms with E-state index in [0.29, 0.717) is 22.2 Å². The Morgan fingerprint density at radius 1 is 0.950 bits per heavy atom. The first-order valence-electron chi connectivity index (χ1n) is 6.15. The summed E-state index contributed by atoms with van der Waals surface area (Å²) in [7, 11) is 0. The molecule has 0 spiro atoms. The molecule has 20 heavy (non-hydrogen) atoms. The van der Waals surface area contributed by atoms with Crippen molar-refractivity contribution in [2.45, 2.75) is 13.0 Å². The van der Waals surface area contributed by atoms with Crippen LogP contribution < -0.4 is 5.32 Å². The predicted molar refractivity (Wildman–Crippen MR) is 78.3 cm³/mol. The molecule has 2 aromatic rings. The average Bonchev–Trinajstić information content (AvgIpc) is 2.38. The predicted octanol–water partition coefficient (Wildman–Crippen LogP) is 4.97. The van der Waals surface area contributed by atoms with Crippen LogP contribution in [-0.2, 0) is 0 Å². The molecule has 0 amide bonds. The summed E-state index contributed by atoms with van der Waals surface area (Å²) in [4.78, 5) is 0. The Balaban J connectivity index is 2.46. The summed E-state index contributed by atoms with van der Waals surface area (Å²) in [6.07, 6.45) is 0. The number of hydrogen-bond acceptors (Lipinski definition) is 1. The van der Waals surface area contributed by atoms with Crippen molar-refractivity contribution in [1.29, 1.82) is 0 Å². The number of halogens is 4. The SMILES string of the molecule is CCNC(c1cc(Cl)cc(Cl)c1)c1ccc(F)c(F)c1. The van der Waals surface area contributed by atoms with Gasteiger partial charge in [0.15, 0.2) is 11.6 Å². The minimum absolute atomic E-state index is 0.300. The van der Waals surface area contributed by atoms with Crippen molar-refractivity contribution in [3.05, 3.63) is 69.2 Å². The van der Waals surface area contributed by atoms with Crippen LogP contribution in [0.15, 0.2) is 36.4 Å². The molecular weight excluding hydrogens is 303 g/mol. The van der Waals surface area contributed by atoms with Gasteiger partial charge in [-0.15, -0.1) is 0 Å². The Morgan fingerprint density at radius 3 is 2.15 bits per heavy atom. The Morgan fingerprint density at radius 2 is 1.60 bits per heavy atom. The highest BCUT2D eigenvalue weighted by molar-refractivity contribution is 6.34. The molecule has 0 saturated carbocycles. The summed E-state index contributed by atoms with van der Waals surface area (Å²) in [5.74, 6) is -1.74. The summed E-state index contributed by atoms with van der Waals surface area (Å²) < 4.78 is 26.4. The van der Waals surface area contributed by atoms with E-state index >= 15 is 0 Å². The molecule has 106 valence electrons. The topological polar surface area (TPSA) is 12.0 Å². The number of benzene rings is 2. The zero-order valence-electron chi connectivity index (χ0n) is 10.8. The van der Waals surface area contributed by atoms with Crippen LogP contribution in [0, 0.1) is 11.6 Å². The molecule has 0 heterocycles. The Labute approximate surface area is 126 Å². The quantitative estimate of drug-likeness (QED) is 0.840. The van der Waals surface area contributed by atoms with E-state index in [1.807, 2.05) is 6.92 Å². The van der Waals surface area contributed by atoms with Gasteiger partial charge in [0.25, 0.3) is 0 Å². The third kappa shape index (κ3) is 3.48. The molecule has 0 saturated heterocycles. The zero-order valence-corrected chi connectivity index (χ0v) is 12.3. The number of hydrogen-bond donors (Lipinski definition) is 1. The summed E-state index contributed by atoms with van der Waals surface area (Å²) in [5.41, 5.74) is 1.42. The van der Waals surface area contributed by atoms with Crippen molar-refractivity contribution >= 4 is 23.2 Å². The second kappa shape index (κ2) is 6.53. The maximum absolute atomic E-state index is 13.4. The van der Waals surface area contributed by atoms with E-state index in [1.165, 1.54) is 6.07 Å². The van der Waals surface area contributed by atoms with Gasteiger partial charge in [-0.1, -0.05) is 36.2 Å². The second-order valence-electron chi connectivity index (χ2n) is 4.37. The molecule has 1 unspecified atom stereocenters. The normalized spacial score (nSPS) is 12.4. The molecule has 1 nitrogen and oxygen atoms in total. The maximum atomic E-state index is 13.4. The fourth-order valence-corrected chi connectivity index (χ4v) is 2.61. The van der Waals surface area contributed by atoms with E-state index in [1.54, 1.807) is 24.3 Å². The van der Waals surface area contributed by atoms with Gasteiger partial charge in [-0.05, 0) is 48.0 Å². The zero-order chi connectivity index (χ0) is 14.7. The smallest absolute Gasteiger partial charge is 0.159 e. The molecule has 2 aromatic carbocycles. The highest BCUT2D eigenvalue weighted by Gasteiger charge is 2.16. The van der Waals surface area contributed by atoms with Crippen LogP contribution in [0.5, 0.6) is 0 Å². The highest BCUT2D eigenvalue weighted by atomic mass is 35.5. The lowest BCUT2D eigenvalue weighted by Crippen LogP contribution is -2.22. The van der Waals surface area contributed by atoms with Crippen LogP contribution in [0.4, 0.5) is 8.78 Å². The van der Waals surface area contributed by atoms with Crippen LogP contribution in [-0.4, -0.2) is 6.54 Å². The van der Waals surface area contributed by atoms with Gasteiger partial charge in [-0.2, -0.15) is 0 Å². The van der Waals surface area contributed by atoms with Crippen molar-refractivity contribution in [2.24, 2.45) is 0 Å². The summed E-state index contributed by atoms with van der Waals surface area (Å²) in [5, 5.41) is 4.21. The molecule has 0 radical (unpaired) electrons. The van der Waals surface area contributed by atoms with Crippen LogP contribution in [0.1, 0.15) is 24.1 Å². The molecular formula is C15H13Cl2F2N. The van der Waals surface area contributed by atoms with E-state index in [2.05, 4.69) is 5.32 Å². The first-order valence-corrected chi connectivity index (χ1v) is 6.91. The molecule has 5 heteroatoms. The third-order valence-corrected chi connectivity index (χ3v) is 3.34. The molecule has 1 atom stereocenters. The number of rotatable bonds is 4. The lowest BCUT2D eigenvalue weighted by Gasteiger charge is -2.19. The maximum Gasteiger partial charge on any atom is 0.159 e. The molecule has 2 rings (SSSR count). The summed E-state index contributed by atoms with van der Waals surface area (Å²) in [6.45, 7) is 2.59. The minimum Gasteiger partial charge on any atom is -0.307 e. The van der Waals surface area contributed by atoms with Gasteiger partial charge in [0.05, 0.1) is 6.04 Å². The standard InChI is InChI=1S/C15H13Cl2F2N/c1-2-20-15(9-3-4-13(18)14(19)7-9)10-5-11(16)8-12(17)6-10/h3-8,15,20H,2H2,1H3. The van der Waals surface area contributed by atoms with Gasteiger partial charge in [0.2, 0.25) is 0 Å². The van der Waals surface area contributed by atoms with Crippen molar-refractivity contribution in [3.63, 3.8) is 0 Å². The van der Waals surface area contributed by atoms with Crippen molar-refractivity contribution in [3.8, 4) is 0 Å². The molecule has 0 aliphatic heterocycles. The monoisotopic (exact) mass is 315 g/mol. The molecule has 0 aliphatic carbocycles. The fraction of sp³-hybridized carbons (Fsp3) is 0.200. The van der Waals surface area contributed by atoms with Gasteiger partial charge in [-0.25, -0.2) is 8.78 Å². The fourth-order valence-electron chi connectivity index (χ4n) is 2.07. The van der Waals surface area contributed by atoms with E-state index in [0.717, 1.165) is 11.6 Å². The Bertz CT molecular complexity index is 597. The summed E-state index contributed by atoms with van der Waals surface area (Å²) >= 11 is 12.0. The lowest BCUT2D eigenvalue weighted by molar-refractivity contribution is 0.504. The van der Waals surface area contributed by atoms with E-state index in [-0.39, 0.29) is 6.04 Å². The van der Waals surface area contributed by atoms with Gasteiger partial charge in [-0.3, -0.25) is 0 Å². The van der Waals surface area contributed by atoms with Crippen molar-refractivity contribution in [2.75, 3.05) is 6.54 Å². The third-order valence-electron chi connectivity index (χ3n) is 2.90. The van der Waals surface area contributed by atoms with Crippen molar-refractivity contribution < 1.29 is 8.78 Å². The molecule has 0 aliphatic rings. The largest absolute Gasteiger partial charge is 0.307 e. The summed E-state index contributed by atoms with van der Waals surface area (Å²) in [6, 6.07) is 8.66. The van der Waals surface area contributed by atoms with Crippen LogP contribution in [0.25, 0.3) is 0 Å². The minimum atomic E-state index is -0.876. The Kier molecular flexibility index (Phi) is 4.97. The highest BCUT2D eigenvalue weighted by Crippen LogP contribution is 2.28. The van der Waals surface area contributed by atoms with Crippen LogP contribution in [0.2, 0.25) is 10.0 Å². The molecule has 0 aromatic heterocycles. The second-order valence-corrected chi connectivity index (χ2v) is 5.24. The van der Waals surface area contributed by atoms with Crippen LogP contribution in [0.3, 0.4) is 0 Å². The van der Waals surface area contributed by atoms with Gasteiger partial charge in [0, 0.05) is 10.0 Å². The van der Waals surface area contributed by atoms with Crippen molar-refractivity contribution in [1.82, 2.24) is 5.32 Å².